The van der Waals surface area contributed by atoms with E-state index in [9.17, 15) is 20.0 Å². The standard InChI is InChI=1S/C12H18N4O6/c1-21-12(18)8-9(16(19)20)10(11(13)17)15(14-8)4-5-22-6-7-2-3-7/h7,12,18H,2-6H2,1H3,(H2,13,17). The molecule has 1 unspecified atom stereocenters. The number of aliphatic hydroxyl groups is 1. The third-order valence-electron chi connectivity index (χ3n) is 3.32. The lowest BCUT2D eigenvalue weighted by Gasteiger charge is -2.05. The number of nitrogens with two attached hydrogens (primary N) is 1. The summed E-state index contributed by atoms with van der Waals surface area (Å²) in [7, 11) is 1.16. The van der Waals surface area contributed by atoms with Crippen molar-refractivity contribution in [2.24, 2.45) is 11.7 Å². The van der Waals surface area contributed by atoms with Gasteiger partial charge in [-0.15, -0.1) is 0 Å². The van der Waals surface area contributed by atoms with Crippen LogP contribution in [0, 0.1) is 16.0 Å². The molecule has 122 valence electrons. The molecular formula is C12H18N4O6. The van der Waals surface area contributed by atoms with Crippen molar-refractivity contribution < 1.29 is 24.3 Å². The van der Waals surface area contributed by atoms with E-state index in [0.29, 0.717) is 12.5 Å². The number of nitrogens with zero attached hydrogens (tertiary/aromatic N) is 3. The number of methoxy groups -OCH3 is 1. The van der Waals surface area contributed by atoms with Gasteiger partial charge >= 0.3 is 5.69 Å². The van der Waals surface area contributed by atoms with Crippen LogP contribution >= 0.6 is 0 Å². The van der Waals surface area contributed by atoms with Gasteiger partial charge in [-0.05, 0) is 18.8 Å². The van der Waals surface area contributed by atoms with Gasteiger partial charge in [-0.3, -0.25) is 19.6 Å². The molecule has 0 aromatic carbocycles. The minimum absolute atomic E-state index is 0.113. The fraction of sp³-hybridized carbons (Fsp3) is 0.667. The molecule has 1 heterocycles. The highest BCUT2D eigenvalue weighted by molar-refractivity contribution is 5.95. The molecule has 2 rings (SSSR count). The summed E-state index contributed by atoms with van der Waals surface area (Å²) in [5, 5.41) is 24.7. The maximum absolute atomic E-state index is 11.5. The van der Waals surface area contributed by atoms with Gasteiger partial charge in [0.25, 0.3) is 5.91 Å². The second kappa shape index (κ2) is 6.81. The van der Waals surface area contributed by atoms with Gasteiger partial charge in [0, 0.05) is 13.7 Å². The first kappa shape index (κ1) is 16.3. The number of nitro groups is 1. The van der Waals surface area contributed by atoms with Crippen LogP contribution in [-0.2, 0) is 16.0 Å². The zero-order chi connectivity index (χ0) is 16.3. The van der Waals surface area contributed by atoms with E-state index in [-0.39, 0.29) is 24.5 Å². The van der Waals surface area contributed by atoms with Gasteiger partial charge in [0.2, 0.25) is 12.0 Å². The van der Waals surface area contributed by atoms with Crippen molar-refractivity contribution in [3.05, 3.63) is 21.5 Å². The normalized spacial score (nSPS) is 15.7. The molecule has 3 N–H and O–H groups in total. The van der Waals surface area contributed by atoms with Crippen molar-refractivity contribution >= 4 is 11.6 Å². The molecule has 0 spiro atoms. The van der Waals surface area contributed by atoms with Gasteiger partial charge in [0.15, 0.2) is 5.69 Å². The molecule has 1 atom stereocenters. The summed E-state index contributed by atoms with van der Waals surface area (Å²) >= 11 is 0. The van der Waals surface area contributed by atoms with E-state index in [4.69, 9.17) is 10.5 Å². The van der Waals surface area contributed by atoms with E-state index in [1.54, 1.807) is 0 Å². The van der Waals surface area contributed by atoms with Crippen molar-refractivity contribution in [2.75, 3.05) is 20.3 Å². The summed E-state index contributed by atoms with van der Waals surface area (Å²) in [5.41, 5.74) is 3.81. The van der Waals surface area contributed by atoms with E-state index in [1.165, 1.54) is 0 Å². The number of carbonyl (C=O) groups excluding carboxylic acids is 1. The highest BCUT2D eigenvalue weighted by Crippen LogP contribution is 2.30. The Bertz CT molecular complexity index is 568. The molecule has 0 bridgehead atoms. The summed E-state index contributed by atoms with van der Waals surface area (Å²) in [6, 6.07) is 0. The maximum atomic E-state index is 11.5. The molecule has 1 amide bonds. The lowest BCUT2D eigenvalue weighted by Crippen LogP contribution is -2.20. The Kier molecular flexibility index (Phi) is 5.06. The highest BCUT2D eigenvalue weighted by atomic mass is 16.6. The minimum Gasteiger partial charge on any atom is -0.379 e. The SMILES string of the molecule is COC(O)c1nn(CCOCC2CC2)c(C(N)=O)c1[N+](=O)[O-]. The predicted octanol–water partition coefficient (Wildman–Crippen LogP) is -0.0459. The van der Waals surface area contributed by atoms with Crippen LogP contribution in [0.25, 0.3) is 0 Å². The van der Waals surface area contributed by atoms with Crippen LogP contribution in [0.1, 0.15) is 35.3 Å². The van der Waals surface area contributed by atoms with Gasteiger partial charge in [-0.25, -0.2) is 0 Å². The van der Waals surface area contributed by atoms with Crippen LogP contribution < -0.4 is 5.73 Å². The van der Waals surface area contributed by atoms with Crippen LogP contribution in [-0.4, -0.2) is 46.0 Å². The molecule has 0 aliphatic heterocycles. The van der Waals surface area contributed by atoms with E-state index >= 15 is 0 Å². The average molecular weight is 314 g/mol. The van der Waals surface area contributed by atoms with E-state index in [2.05, 4.69) is 9.84 Å². The Labute approximate surface area is 125 Å². The zero-order valence-electron chi connectivity index (χ0n) is 12.1. The molecule has 10 heteroatoms. The van der Waals surface area contributed by atoms with Gasteiger partial charge in [0.1, 0.15) is 0 Å². The van der Waals surface area contributed by atoms with Crippen molar-refractivity contribution in [3.63, 3.8) is 0 Å². The summed E-state index contributed by atoms with van der Waals surface area (Å²) in [4.78, 5) is 21.9. The van der Waals surface area contributed by atoms with E-state index < -0.39 is 22.8 Å². The zero-order valence-corrected chi connectivity index (χ0v) is 12.1. The fourth-order valence-electron chi connectivity index (χ4n) is 2.02. The number of aromatic nitrogens is 2. The molecule has 1 aromatic heterocycles. The third kappa shape index (κ3) is 3.59. The molecule has 1 saturated carbocycles. The van der Waals surface area contributed by atoms with Gasteiger partial charge < -0.3 is 20.3 Å². The first-order valence-electron chi connectivity index (χ1n) is 6.79. The highest BCUT2D eigenvalue weighted by Gasteiger charge is 2.34. The summed E-state index contributed by atoms with van der Waals surface area (Å²) in [6.07, 6.45) is 0.667. The first-order valence-corrected chi connectivity index (χ1v) is 6.79. The second-order valence-corrected chi connectivity index (χ2v) is 5.03. The van der Waals surface area contributed by atoms with Gasteiger partial charge in [-0.2, -0.15) is 5.10 Å². The molecule has 22 heavy (non-hydrogen) atoms. The molecule has 1 aromatic rings. The lowest BCUT2D eigenvalue weighted by atomic mass is 10.2. The second-order valence-electron chi connectivity index (χ2n) is 5.03. The number of carbonyl (C=O) groups is 1. The third-order valence-corrected chi connectivity index (χ3v) is 3.32. The number of hydrogen-bond acceptors (Lipinski definition) is 7. The number of amides is 1. The molecule has 0 saturated heterocycles. The number of hydrogen-bond donors (Lipinski definition) is 2. The Hall–Kier alpha value is -2.04. The van der Waals surface area contributed by atoms with Crippen molar-refractivity contribution in [1.82, 2.24) is 9.78 Å². The number of primary amides is 1. The number of ether oxygens (including phenoxy) is 2. The van der Waals surface area contributed by atoms with Crippen LogP contribution in [0.4, 0.5) is 5.69 Å². The number of rotatable bonds is 9. The fourth-order valence-corrected chi connectivity index (χ4v) is 2.02. The van der Waals surface area contributed by atoms with Crippen LogP contribution in [0.3, 0.4) is 0 Å². The van der Waals surface area contributed by atoms with Crippen molar-refractivity contribution in [3.8, 4) is 0 Å². The predicted molar refractivity (Wildman–Crippen MR) is 72.9 cm³/mol. The Morgan fingerprint density at radius 1 is 1.64 bits per heavy atom. The molecule has 1 fully saturated rings. The van der Waals surface area contributed by atoms with Crippen molar-refractivity contribution in [2.45, 2.75) is 25.7 Å². The molecule has 0 radical (unpaired) electrons. The molecule has 1 aliphatic rings. The maximum Gasteiger partial charge on any atom is 0.328 e. The van der Waals surface area contributed by atoms with Crippen LogP contribution in [0.15, 0.2) is 0 Å². The monoisotopic (exact) mass is 314 g/mol. The summed E-state index contributed by atoms with van der Waals surface area (Å²) < 4.78 is 11.1. The smallest absolute Gasteiger partial charge is 0.328 e. The van der Waals surface area contributed by atoms with Crippen molar-refractivity contribution in [1.29, 1.82) is 0 Å². The molecule has 1 aliphatic carbocycles. The molecular weight excluding hydrogens is 296 g/mol. The Balaban J connectivity index is 2.21. The number of aliphatic hydroxyl groups excluding tert-OH is 1. The Morgan fingerprint density at radius 2 is 2.32 bits per heavy atom. The van der Waals surface area contributed by atoms with Gasteiger partial charge in [-0.1, -0.05) is 0 Å². The lowest BCUT2D eigenvalue weighted by molar-refractivity contribution is -0.387. The summed E-state index contributed by atoms with van der Waals surface area (Å²) in [5.74, 6) is -0.426. The van der Waals surface area contributed by atoms with Crippen LogP contribution in [0.2, 0.25) is 0 Å². The largest absolute Gasteiger partial charge is 0.379 e. The quantitative estimate of drug-likeness (QED) is 0.281. The molecule has 10 nitrogen and oxygen atoms in total. The van der Waals surface area contributed by atoms with Crippen LogP contribution in [0.5, 0.6) is 0 Å². The average Bonchev–Trinajstić information content (AvgIpc) is 3.20. The van der Waals surface area contributed by atoms with E-state index in [1.807, 2.05) is 0 Å². The Morgan fingerprint density at radius 3 is 2.82 bits per heavy atom. The van der Waals surface area contributed by atoms with Gasteiger partial charge in [0.05, 0.1) is 18.1 Å². The minimum atomic E-state index is -1.62. The topological polar surface area (TPSA) is 143 Å². The summed E-state index contributed by atoms with van der Waals surface area (Å²) in [6.45, 7) is 0.962. The first-order chi connectivity index (χ1) is 10.5. The van der Waals surface area contributed by atoms with E-state index in [0.717, 1.165) is 24.6 Å².